The lowest BCUT2D eigenvalue weighted by molar-refractivity contribution is -0.158. The molecule has 0 bridgehead atoms. The second-order valence-corrected chi connectivity index (χ2v) is 9.09. The Kier molecular flexibility index (Phi) is 7.57. The van der Waals surface area contributed by atoms with Crippen molar-refractivity contribution in [1.82, 2.24) is 5.32 Å². The van der Waals surface area contributed by atoms with Crippen LogP contribution in [0.25, 0.3) is 0 Å². The van der Waals surface area contributed by atoms with Crippen molar-refractivity contribution < 1.29 is 13.9 Å². The molecule has 0 aliphatic carbocycles. The average molecular weight is 390 g/mol. The molecule has 1 aromatic heterocycles. The van der Waals surface area contributed by atoms with E-state index in [1.54, 1.807) is 18.0 Å². The molecule has 2 rings (SSSR count). The number of carbonyl (C=O) groups excluding carboxylic acids is 1. The summed E-state index contributed by atoms with van der Waals surface area (Å²) < 4.78 is 10.5. The van der Waals surface area contributed by atoms with E-state index in [1.807, 2.05) is 46.8 Å². The van der Waals surface area contributed by atoms with Crippen molar-refractivity contribution >= 4 is 17.7 Å². The third-order valence-corrected chi connectivity index (χ3v) is 6.00. The van der Waals surface area contributed by atoms with Crippen LogP contribution in [0.4, 0.5) is 0 Å². The molecule has 5 heteroatoms. The second kappa shape index (κ2) is 9.47. The van der Waals surface area contributed by atoms with Crippen LogP contribution in [0.5, 0.6) is 0 Å². The van der Waals surface area contributed by atoms with Crippen molar-refractivity contribution in [3.8, 4) is 0 Å². The Morgan fingerprint density at radius 3 is 2.26 bits per heavy atom. The fourth-order valence-corrected chi connectivity index (χ4v) is 3.88. The summed E-state index contributed by atoms with van der Waals surface area (Å²) in [5.41, 5.74) is 0.721. The highest BCUT2D eigenvalue weighted by atomic mass is 32.2. The summed E-state index contributed by atoms with van der Waals surface area (Å²) in [4.78, 5) is 13.9. The predicted molar refractivity (Wildman–Crippen MR) is 111 cm³/mol. The van der Waals surface area contributed by atoms with E-state index in [2.05, 4.69) is 29.6 Å². The minimum absolute atomic E-state index is 0.130. The van der Waals surface area contributed by atoms with E-state index in [0.717, 1.165) is 30.0 Å². The van der Waals surface area contributed by atoms with Crippen molar-refractivity contribution in [1.29, 1.82) is 0 Å². The monoisotopic (exact) mass is 389 g/mol. The lowest BCUT2D eigenvalue weighted by Gasteiger charge is -2.32. The highest BCUT2D eigenvalue weighted by Crippen LogP contribution is 2.40. The van der Waals surface area contributed by atoms with Gasteiger partial charge >= 0.3 is 5.97 Å². The molecule has 0 radical (unpaired) electrons. The molecule has 0 saturated carbocycles. The first kappa shape index (κ1) is 21.6. The molecule has 0 spiro atoms. The quantitative estimate of drug-likeness (QED) is 0.449. The van der Waals surface area contributed by atoms with Crippen LogP contribution in [0.1, 0.15) is 58.8 Å². The van der Waals surface area contributed by atoms with Gasteiger partial charge in [-0.25, -0.2) is 0 Å². The molecule has 27 heavy (non-hydrogen) atoms. The zero-order valence-electron chi connectivity index (χ0n) is 17.0. The third kappa shape index (κ3) is 6.43. The molecule has 1 heterocycles. The van der Waals surface area contributed by atoms with Crippen LogP contribution in [-0.2, 0) is 22.6 Å². The van der Waals surface area contributed by atoms with E-state index in [1.165, 1.54) is 5.56 Å². The van der Waals surface area contributed by atoms with E-state index in [-0.39, 0.29) is 5.97 Å². The number of nitrogens with one attached hydrogen (secondary N) is 1. The van der Waals surface area contributed by atoms with E-state index >= 15 is 0 Å². The number of hydrogen-bond donors (Lipinski definition) is 1. The average Bonchev–Trinajstić information content (AvgIpc) is 3.13. The molecule has 1 N–H and O–H groups in total. The van der Waals surface area contributed by atoms with Crippen LogP contribution in [0, 0.1) is 0 Å². The smallest absolute Gasteiger partial charge is 0.323 e. The predicted octanol–water partition coefficient (Wildman–Crippen LogP) is 5.56. The Hall–Kier alpha value is -1.72. The first-order chi connectivity index (χ1) is 12.8. The van der Waals surface area contributed by atoms with Crippen LogP contribution < -0.4 is 5.32 Å². The van der Waals surface area contributed by atoms with Crippen molar-refractivity contribution in [3.63, 3.8) is 0 Å². The molecule has 148 valence electrons. The topological polar surface area (TPSA) is 51.5 Å². The molecule has 0 amide bonds. The van der Waals surface area contributed by atoms with Gasteiger partial charge in [0.1, 0.15) is 16.1 Å². The lowest BCUT2D eigenvalue weighted by Crippen LogP contribution is -2.40. The summed E-state index contributed by atoms with van der Waals surface area (Å²) in [5.74, 6) is 0.796. The molecular weight excluding hydrogens is 358 g/mol. The van der Waals surface area contributed by atoms with Crippen LogP contribution in [-0.4, -0.2) is 16.3 Å². The molecule has 0 aliphatic rings. The van der Waals surface area contributed by atoms with Gasteiger partial charge in [0.15, 0.2) is 0 Å². The van der Waals surface area contributed by atoms with Gasteiger partial charge in [0.05, 0.1) is 12.8 Å². The summed E-state index contributed by atoms with van der Waals surface area (Å²) in [6, 6.07) is 12.2. The highest BCUT2D eigenvalue weighted by molar-refractivity contribution is 8.01. The van der Waals surface area contributed by atoms with Crippen molar-refractivity contribution in [2.24, 2.45) is 0 Å². The number of furan rings is 1. The zero-order valence-corrected chi connectivity index (χ0v) is 17.8. The Labute approximate surface area is 167 Å². The van der Waals surface area contributed by atoms with Crippen LogP contribution in [0.3, 0.4) is 0 Å². The maximum Gasteiger partial charge on any atom is 0.323 e. The van der Waals surface area contributed by atoms with Gasteiger partial charge in [-0.1, -0.05) is 26.0 Å². The van der Waals surface area contributed by atoms with Crippen molar-refractivity contribution in [3.05, 3.63) is 54.0 Å². The van der Waals surface area contributed by atoms with Crippen LogP contribution in [0.2, 0.25) is 0 Å². The van der Waals surface area contributed by atoms with Gasteiger partial charge in [-0.15, -0.1) is 11.8 Å². The molecule has 0 fully saturated rings. The Morgan fingerprint density at radius 1 is 1.07 bits per heavy atom. The number of rotatable bonds is 9. The maximum atomic E-state index is 12.8. The molecule has 0 aliphatic heterocycles. The third-order valence-electron chi connectivity index (χ3n) is 4.36. The minimum atomic E-state index is -0.549. The van der Waals surface area contributed by atoms with Gasteiger partial charge < -0.3 is 14.5 Å². The van der Waals surface area contributed by atoms with Crippen LogP contribution in [0.15, 0.2) is 52.0 Å². The number of ether oxygens (including phenoxy) is 1. The fraction of sp³-hybridized carbons (Fsp3) is 0.500. The van der Waals surface area contributed by atoms with Gasteiger partial charge in [-0.2, -0.15) is 0 Å². The summed E-state index contributed by atoms with van der Waals surface area (Å²) in [7, 11) is 0. The van der Waals surface area contributed by atoms with E-state index in [9.17, 15) is 4.79 Å². The molecule has 0 atom stereocenters. The SMILES string of the molecule is CCC(CC)(Sc1ccc(CNCc2ccco2)cc1)C(=O)OC(C)(C)C. The molecule has 1 aromatic carbocycles. The van der Waals surface area contributed by atoms with Crippen molar-refractivity contribution in [2.75, 3.05) is 0 Å². The van der Waals surface area contributed by atoms with Gasteiger partial charge in [-0.3, -0.25) is 4.79 Å². The Morgan fingerprint density at radius 2 is 1.74 bits per heavy atom. The van der Waals surface area contributed by atoms with Gasteiger partial charge in [0, 0.05) is 11.4 Å². The normalized spacial score (nSPS) is 12.2. The first-order valence-corrected chi connectivity index (χ1v) is 10.3. The number of carbonyl (C=O) groups is 1. The number of esters is 1. The highest BCUT2D eigenvalue weighted by Gasteiger charge is 2.39. The summed E-state index contributed by atoms with van der Waals surface area (Å²) in [6.07, 6.45) is 3.15. The molecule has 4 nitrogen and oxygen atoms in total. The standard InChI is InChI=1S/C22H31NO3S/c1-6-22(7-2,20(24)26-21(3,4)5)27-19-12-10-17(11-13-19)15-23-16-18-9-8-14-25-18/h8-14,23H,6-7,15-16H2,1-5H3. The Balaban J connectivity index is 1.98. The van der Waals surface area contributed by atoms with Gasteiger partial charge in [0.2, 0.25) is 0 Å². The number of thioether (sulfide) groups is 1. The fourth-order valence-electron chi connectivity index (χ4n) is 2.74. The maximum absolute atomic E-state index is 12.8. The van der Waals surface area contributed by atoms with Crippen LogP contribution >= 0.6 is 11.8 Å². The zero-order chi connectivity index (χ0) is 19.9. The van der Waals surface area contributed by atoms with Crippen molar-refractivity contribution in [2.45, 2.75) is 75.8 Å². The summed E-state index contributed by atoms with van der Waals surface area (Å²) in [6.45, 7) is 11.3. The summed E-state index contributed by atoms with van der Waals surface area (Å²) in [5, 5.41) is 3.36. The molecular formula is C22H31NO3S. The lowest BCUT2D eigenvalue weighted by atomic mass is 10.0. The largest absolute Gasteiger partial charge is 0.468 e. The van der Waals surface area contributed by atoms with E-state index in [0.29, 0.717) is 6.54 Å². The number of hydrogen-bond acceptors (Lipinski definition) is 5. The second-order valence-electron chi connectivity index (χ2n) is 7.63. The Bertz CT molecular complexity index is 698. The number of benzene rings is 1. The van der Waals surface area contributed by atoms with E-state index < -0.39 is 10.3 Å². The van der Waals surface area contributed by atoms with E-state index in [4.69, 9.17) is 9.15 Å². The van der Waals surface area contributed by atoms with Gasteiger partial charge in [0.25, 0.3) is 0 Å². The molecule has 2 aromatic rings. The minimum Gasteiger partial charge on any atom is -0.468 e. The van der Waals surface area contributed by atoms with Gasteiger partial charge in [-0.05, 0) is 63.4 Å². The first-order valence-electron chi connectivity index (χ1n) is 9.52. The molecule has 0 saturated heterocycles. The summed E-state index contributed by atoms with van der Waals surface area (Å²) >= 11 is 1.61. The molecule has 0 unspecified atom stereocenters.